The van der Waals surface area contributed by atoms with Gasteiger partial charge < -0.3 is 5.73 Å². The quantitative estimate of drug-likeness (QED) is 0.552. The van der Waals surface area contributed by atoms with Crippen molar-refractivity contribution in [2.45, 2.75) is 0 Å². The van der Waals surface area contributed by atoms with Crippen LogP contribution >= 0.6 is 0 Å². The molecule has 116 valence electrons. The number of aromatic amines is 1. The standard InChI is InChI=1S/C20H16N4/c21-18-7-2-1-6-16(18)14-8-10-17-19(23-24-20(17)13-14)11-9-15-5-3-4-12-22-15/h1-13H,21H2,(H,23,24). The van der Waals surface area contributed by atoms with Gasteiger partial charge in [-0.2, -0.15) is 5.10 Å². The lowest BCUT2D eigenvalue weighted by Crippen LogP contribution is -1.88. The number of nitrogens with two attached hydrogens (primary N) is 1. The van der Waals surface area contributed by atoms with E-state index in [1.54, 1.807) is 6.20 Å². The summed E-state index contributed by atoms with van der Waals surface area (Å²) in [7, 11) is 0. The maximum atomic E-state index is 6.07. The highest BCUT2D eigenvalue weighted by molar-refractivity contribution is 5.93. The Balaban J connectivity index is 1.71. The van der Waals surface area contributed by atoms with Gasteiger partial charge in [-0.25, -0.2) is 0 Å². The Kier molecular flexibility index (Phi) is 3.56. The minimum atomic E-state index is 0.770. The van der Waals surface area contributed by atoms with Crippen molar-refractivity contribution in [3.8, 4) is 11.1 Å². The van der Waals surface area contributed by atoms with Crippen LogP contribution in [-0.2, 0) is 0 Å². The molecule has 0 radical (unpaired) electrons. The smallest absolute Gasteiger partial charge is 0.0928 e. The Morgan fingerprint density at radius 1 is 0.917 bits per heavy atom. The Bertz CT molecular complexity index is 1020. The van der Waals surface area contributed by atoms with Crippen molar-refractivity contribution in [2.24, 2.45) is 0 Å². The number of nitrogens with zero attached hydrogens (tertiary/aromatic N) is 2. The molecule has 4 heteroatoms. The fourth-order valence-electron chi connectivity index (χ4n) is 2.73. The van der Waals surface area contributed by atoms with Crippen LogP contribution in [0, 0.1) is 0 Å². The van der Waals surface area contributed by atoms with E-state index in [2.05, 4.69) is 33.4 Å². The molecule has 4 nitrogen and oxygen atoms in total. The maximum Gasteiger partial charge on any atom is 0.0928 e. The number of hydrogen-bond acceptors (Lipinski definition) is 3. The Morgan fingerprint density at radius 3 is 2.62 bits per heavy atom. The number of benzene rings is 2. The molecule has 0 atom stereocenters. The Morgan fingerprint density at radius 2 is 1.79 bits per heavy atom. The summed E-state index contributed by atoms with van der Waals surface area (Å²) in [4.78, 5) is 4.28. The molecule has 3 N–H and O–H groups in total. The highest BCUT2D eigenvalue weighted by Gasteiger charge is 2.07. The summed E-state index contributed by atoms with van der Waals surface area (Å²) in [5, 5.41) is 8.56. The number of para-hydroxylation sites is 1. The minimum Gasteiger partial charge on any atom is -0.398 e. The van der Waals surface area contributed by atoms with Crippen LogP contribution in [0.15, 0.2) is 66.9 Å². The van der Waals surface area contributed by atoms with E-state index < -0.39 is 0 Å². The Hall–Kier alpha value is -3.40. The third kappa shape index (κ3) is 2.65. The lowest BCUT2D eigenvalue weighted by Gasteiger charge is -2.05. The number of anilines is 1. The van der Waals surface area contributed by atoms with E-state index in [-0.39, 0.29) is 0 Å². The van der Waals surface area contributed by atoms with E-state index in [0.29, 0.717) is 0 Å². The van der Waals surface area contributed by atoms with Gasteiger partial charge in [-0.05, 0) is 48.0 Å². The number of pyridine rings is 1. The predicted octanol–water partition coefficient (Wildman–Crippen LogP) is 4.38. The maximum absolute atomic E-state index is 6.07. The summed E-state index contributed by atoms with van der Waals surface area (Å²) in [5.41, 5.74) is 11.7. The van der Waals surface area contributed by atoms with Gasteiger partial charge in [0.1, 0.15) is 0 Å². The molecular weight excluding hydrogens is 296 g/mol. The normalized spacial score (nSPS) is 11.3. The van der Waals surface area contributed by atoms with E-state index in [4.69, 9.17) is 5.73 Å². The van der Waals surface area contributed by atoms with Crippen LogP contribution in [0.5, 0.6) is 0 Å². The number of nitrogen functional groups attached to an aromatic ring is 1. The molecule has 0 bridgehead atoms. The fraction of sp³-hybridized carbons (Fsp3) is 0. The number of fused-ring (bicyclic) bond motifs is 1. The molecule has 0 saturated carbocycles. The van der Waals surface area contributed by atoms with Crippen LogP contribution < -0.4 is 5.73 Å². The predicted molar refractivity (Wildman–Crippen MR) is 99.1 cm³/mol. The molecule has 0 fully saturated rings. The number of aromatic nitrogens is 3. The van der Waals surface area contributed by atoms with Crippen LogP contribution in [0.3, 0.4) is 0 Å². The zero-order chi connectivity index (χ0) is 16.4. The summed E-state index contributed by atoms with van der Waals surface area (Å²) in [5.74, 6) is 0. The van der Waals surface area contributed by atoms with Crippen LogP contribution in [0.1, 0.15) is 11.4 Å². The molecule has 0 aliphatic rings. The topological polar surface area (TPSA) is 67.6 Å². The van der Waals surface area contributed by atoms with Gasteiger partial charge in [0.25, 0.3) is 0 Å². The van der Waals surface area contributed by atoms with E-state index in [0.717, 1.165) is 39.1 Å². The summed E-state index contributed by atoms with van der Waals surface area (Å²) in [6.07, 6.45) is 5.70. The highest BCUT2D eigenvalue weighted by atomic mass is 15.1. The van der Waals surface area contributed by atoms with Crippen molar-refractivity contribution in [3.05, 3.63) is 78.2 Å². The van der Waals surface area contributed by atoms with Crippen LogP contribution in [-0.4, -0.2) is 15.2 Å². The lowest BCUT2D eigenvalue weighted by molar-refractivity contribution is 1.11. The second-order valence-electron chi connectivity index (χ2n) is 5.54. The molecule has 4 rings (SSSR count). The minimum absolute atomic E-state index is 0.770. The molecule has 0 aliphatic heterocycles. The second kappa shape index (κ2) is 6.01. The van der Waals surface area contributed by atoms with E-state index in [9.17, 15) is 0 Å². The van der Waals surface area contributed by atoms with Crippen molar-refractivity contribution < 1.29 is 0 Å². The summed E-state index contributed by atoms with van der Waals surface area (Å²) in [6, 6.07) is 19.9. The first-order valence-corrected chi connectivity index (χ1v) is 7.73. The van der Waals surface area contributed by atoms with Gasteiger partial charge in [0.05, 0.1) is 16.9 Å². The molecule has 2 heterocycles. The van der Waals surface area contributed by atoms with Crippen molar-refractivity contribution in [2.75, 3.05) is 5.73 Å². The number of H-pyrrole nitrogens is 1. The third-order valence-electron chi connectivity index (χ3n) is 3.96. The largest absolute Gasteiger partial charge is 0.398 e. The van der Waals surface area contributed by atoms with Gasteiger partial charge in [-0.3, -0.25) is 10.1 Å². The fourth-order valence-corrected chi connectivity index (χ4v) is 2.73. The molecule has 0 spiro atoms. The molecule has 0 amide bonds. The van der Waals surface area contributed by atoms with Crippen molar-refractivity contribution in [1.29, 1.82) is 0 Å². The molecular formula is C20H16N4. The summed E-state index contributed by atoms with van der Waals surface area (Å²) in [6.45, 7) is 0. The molecule has 24 heavy (non-hydrogen) atoms. The summed E-state index contributed by atoms with van der Waals surface area (Å²) >= 11 is 0. The first kappa shape index (κ1) is 14.2. The van der Waals surface area contributed by atoms with Gasteiger partial charge in [0, 0.05) is 22.8 Å². The molecule has 0 unspecified atom stereocenters. The second-order valence-corrected chi connectivity index (χ2v) is 5.54. The monoisotopic (exact) mass is 312 g/mol. The number of rotatable bonds is 3. The number of nitrogens with one attached hydrogen (secondary N) is 1. The van der Waals surface area contributed by atoms with Crippen molar-refractivity contribution in [1.82, 2.24) is 15.2 Å². The SMILES string of the molecule is Nc1ccccc1-c1ccc2c(C=Cc3ccccn3)n[nH]c2c1. The average molecular weight is 312 g/mol. The zero-order valence-electron chi connectivity index (χ0n) is 13.0. The van der Waals surface area contributed by atoms with Gasteiger partial charge in [0.2, 0.25) is 0 Å². The lowest BCUT2D eigenvalue weighted by atomic mass is 10.0. The van der Waals surface area contributed by atoms with Crippen LogP contribution in [0.4, 0.5) is 5.69 Å². The van der Waals surface area contributed by atoms with Gasteiger partial charge in [-0.1, -0.05) is 30.3 Å². The van der Waals surface area contributed by atoms with E-state index in [1.807, 2.05) is 54.6 Å². The van der Waals surface area contributed by atoms with Gasteiger partial charge in [0.15, 0.2) is 0 Å². The van der Waals surface area contributed by atoms with E-state index >= 15 is 0 Å². The summed E-state index contributed by atoms with van der Waals surface area (Å²) < 4.78 is 0. The van der Waals surface area contributed by atoms with Crippen LogP contribution in [0.25, 0.3) is 34.2 Å². The van der Waals surface area contributed by atoms with E-state index in [1.165, 1.54) is 0 Å². The van der Waals surface area contributed by atoms with Gasteiger partial charge in [-0.15, -0.1) is 0 Å². The molecule has 4 aromatic rings. The van der Waals surface area contributed by atoms with Crippen LogP contribution in [0.2, 0.25) is 0 Å². The Labute approximate surface area is 139 Å². The first-order valence-electron chi connectivity index (χ1n) is 7.73. The third-order valence-corrected chi connectivity index (χ3v) is 3.96. The van der Waals surface area contributed by atoms with Crippen molar-refractivity contribution >= 4 is 28.7 Å². The molecule has 2 aromatic heterocycles. The van der Waals surface area contributed by atoms with Crippen molar-refractivity contribution in [3.63, 3.8) is 0 Å². The molecule has 0 saturated heterocycles. The molecule has 0 aliphatic carbocycles. The zero-order valence-corrected chi connectivity index (χ0v) is 13.0. The number of hydrogen-bond donors (Lipinski definition) is 2. The highest BCUT2D eigenvalue weighted by Crippen LogP contribution is 2.29. The average Bonchev–Trinajstić information content (AvgIpc) is 3.03. The first-order chi connectivity index (χ1) is 11.8. The molecule has 2 aromatic carbocycles. The van der Waals surface area contributed by atoms with Gasteiger partial charge >= 0.3 is 0 Å².